The molecule has 39 heavy (non-hydrogen) atoms. The molecule has 11 nitrogen and oxygen atoms in total. The molecule has 5 aromatic rings. The summed E-state index contributed by atoms with van der Waals surface area (Å²) in [4.78, 5) is 25.2. The van der Waals surface area contributed by atoms with E-state index in [2.05, 4.69) is 20.3 Å². The number of thiazole rings is 1. The van der Waals surface area contributed by atoms with Gasteiger partial charge in [-0.1, -0.05) is 41.7 Å². The number of fused-ring (bicyclic) bond motifs is 1. The third-order valence-electron chi connectivity index (χ3n) is 5.35. The van der Waals surface area contributed by atoms with E-state index in [0.29, 0.717) is 21.0 Å². The van der Waals surface area contributed by atoms with Crippen LogP contribution >= 0.6 is 11.3 Å². The van der Waals surface area contributed by atoms with Crippen LogP contribution < -0.4 is 0 Å². The smallest absolute Gasteiger partial charge is 0.258 e. The van der Waals surface area contributed by atoms with Gasteiger partial charge in [-0.15, -0.1) is 10.2 Å². The van der Waals surface area contributed by atoms with E-state index in [1.165, 1.54) is 42.5 Å². The Morgan fingerprint density at radius 1 is 0.923 bits per heavy atom. The zero-order valence-electron chi connectivity index (χ0n) is 19.0. The van der Waals surface area contributed by atoms with Crippen molar-refractivity contribution in [2.75, 3.05) is 0 Å². The van der Waals surface area contributed by atoms with Gasteiger partial charge in [-0.3, -0.25) is 20.2 Å². The summed E-state index contributed by atoms with van der Waals surface area (Å²) in [6.45, 7) is 0. The number of nitrogens with zero attached hydrogens (tertiary/aromatic N) is 7. The van der Waals surface area contributed by atoms with Crippen LogP contribution in [0.4, 0.5) is 39.8 Å². The molecule has 196 valence electrons. The highest BCUT2D eigenvalue weighted by Gasteiger charge is 2.41. The number of non-ortho nitro benzene ring substituents is 1. The van der Waals surface area contributed by atoms with Crippen molar-refractivity contribution >= 4 is 43.7 Å². The fourth-order valence-corrected chi connectivity index (χ4v) is 4.51. The van der Waals surface area contributed by atoms with E-state index in [1.54, 1.807) is 6.07 Å². The predicted octanol–water partition coefficient (Wildman–Crippen LogP) is 7.54. The third kappa shape index (κ3) is 4.91. The first-order chi connectivity index (χ1) is 18.5. The van der Waals surface area contributed by atoms with Gasteiger partial charge in [0, 0.05) is 11.6 Å². The molecule has 0 aliphatic rings. The molecule has 0 bridgehead atoms. The number of benzene rings is 3. The first-order valence-corrected chi connectivity index (χ1v) is 11.5. The molecular formula is C23H11F4N7O4S. The van der Waals surface area contributed by atoms with Crippen molar-refractivity contribution in [3.05, 3.63) is 98.5 Å². The summed E-state index contributed by atoms with van der Waals surface area (Å²) < 4.78 is 57.1. The molecule has 3 aromatic carbocycles. The molecule has 0 aliphatic carbocycles. The van der Waals surface area contributed by atoms with E-state index >= 15 is 0 Å². The van der Waals surface area contributed by atoms with Gasteiger partial charge in [0.15, 0.2) is 5.69 Å². The molecule has 2 heterocycles. The van der Waals surface area contributed by atoms with Gasteiger partial charge in [0.2, 0.25) is 5.13 Å². The second kappa shape index (κ2) is 9.64. The predicted molar refractivity (Wildman–Crippen MR) is 131 cm³/mol. The average Bonchev–Trinajstić information content (AvgIpc) is 3.48. The number of nitro benzene ring substituents is 2. The molecule has 0 radical (unpaired) electrons. The zero-order chi connectivity index (χ0) is 27.9. The lowest BCUT2D eigenvalue weighted by molar-refractivity contribution is -0.394. The maximum Gasteiger partial charge on any atom is 0.437 e. The van der Waals surface area contributed by atoms with Gasteiger partial charge >= 0.3 is 11.9 Å². The lowest BCUT2D eigenvalue weighted by atomic mass is 10.1. The summed E-state index contributed by atoms with van der Waals surface area (Å²) in [7, 11) is 0. The molecule has 0 saturated heterocycles. The molecule has 0 aliphatic heterocycles. The fourth-order valence-electron chi connectivity index (χ4n) is 3.70. The van der Waals surface area contributed by atoms with Gasteiger partial charge in [0.25, 0.3) is 5.69 Å². The van der Waals surface area contributed by atoms with Crippen molar-refractivity contribution in [3.63, 3.8) is 0 Å². The molecule has 5 rings (SSSR count). The summed E-state index contributed by atoms with van der Waals surface area (Å²) >= 11 is 0.886. The third-order valence-corrected chi connectivity index (χ3v) is 6.25. The maximum absolute atomic E-state index is 14.2. The first kappa shape index (κ1) is 25.5. The van der Waals surface area contributed by atoms with Crippen molar-refractivity contribution in [3.8, 4) is 16.9 Å². The lowest BCUT2D eigenvalue weighted by Gasteiger charge is -2.09. The summed E-state index contributed by atoms with van der Waals surface area (Å²) in [5.41, 5.74) is -4.05. The number of hydrogen-bond donors (Lipinski definition) is 0. The summed E-state index contributed by atoms with van der Waals surface area (Å²) in [6.07, 6.45) is -5.07. The zero-order valence-corrected chi connectivity index (χ0v) is 19.9. The molecule has 2 aromatic heterocycles. The molecule has 0 unspecified atom stereocenters. The van der Waals surface area contributed by atoms with E-state index in [4.69, 9.17) is 0 Å². The minimum atomic E-state index is -5.07. The highest BCUT2D eigenvalue weighted by Crippen LogP contribution is 2.45. The van der Waals surface area contributed by atoms with Gasteiger partial charge in [-0.2, -0.15) is 18.3 Å². The summed E-state index contributed by atoms with van der Waals surface area (Å²) in [6, 6.07) is 13.7. The number of hydrogen-bond acceptors (Lipinski definition) is 9. The van der Waals surface area contributed by atoms with Crippen molar-refractivity contribution < 1.29 is 27.4 Å². The minimum Gasteiger partial charge on any atom is -0.258 e. The monoisotopic (exact) mass is 557 g/mol. The Morgan fingerprint density at radius 3 is 2.33 bits per heavy atom. The van der Waals surface area contributed by atoms with E-state index in [1.807, 2.05) is 0 Å². The Hall–Kier alpha value is -5.12. The van der Waals surface area contributed by atoms with E-state index in [9.17, 15) is 37.8 Å². The van der Waals surface area contributed by atoms with Gasteiger partial charge < -0.3 is 0 Å². The largest absolute Gasteiger partial charge is 0.437 e. The number of halogens is 4. The van der Waals surface area contributed by atoms with Gasteiger partial charge in [0.1, 0.15) is 22.9 Å². The first-order valence-electron chi connectivity index (χ1n) is 10.7. The quantitative estimate of drug-likeness (QED) is 0.0914. The highest BCUT2D eigenvalue weighted by molar-refractivity contribution is 7.21. The van der Waals surface area contributed by atoms with Gasteiger partial charge in [-0.05, 0) is 24.3 Å². The Kier molecular flexibility index (Phi) is 6.31. The van der Waals surface area contributed by atoms with E-state index < -0.39 is 50.3 Å². The standard InChI is InChI=1S/C23H11F4N7O4S/c24-13-6-8-15-18(10-13)39-22(28-15)30-29-19-20(12-4-2-1-3-5-12)32(31-21(19)23(25,26)27)16-9-7-14(33(35)36)11-17(16)34(37)38/h1-11H. The second-order valence-electron chi connectivity index (χ2n) is 7.82. The molecule has 0 saturated carbocycles. The lowest BCUT2D eigenvalue weighted by Crippen LogP contribution is -2.09. The van der Waals surface area contributed by atoms with Crippen LogP contribution in [0.15, 0.2) is 77.0 Å². The molecule has 0 fully saturated rings. The number of alkyl halides is 3. The Balaban J connectivity index is 1.78. The molecule has 0 spiro atoms. The average molecular weight is 557 g/mol. The van der Waals surface area contributed by atoms with Crippen LogP contribution in [-0.2, 0) is 6.18 Å². The van der Waals surface area contributed by atoms with E-state index in [-0.39, 0.29) is 16.4 Å². The van der Waals surface area contributed by atoms with Crippen LogP contribution in [0.5, 0.6) is 0 Å². The van der Waals surface area contributed by atoms with Crippen LogP contribution in [0.25, 0.3) is 27.2 Å². The van der Waals surface area contributed by atoms with Crippen LogP contribution in [-0.4, -0.2) is 24.6 Å². The van der Waals surface area contributed by atoms with E-state index in [0.717, 1.165) is 23.5 Å². The van der Waals surface area contributed by atoms with Gasteiger partial charge in [-0.25, -0.2) is 14.1 Å². The Bertz CT molecular complexity index is 1780. The molecule has 16 heteroatoms. The van der Waals surface area contributed by atoms with Crippen molar-refractivity contribution in [1.29, 1.82) is 0 Å². The van der Waals surface area contributed by atoms with Crippen LogP contribution in [0.2, 0.25) is 0 Å². The summed E-state index contributed by atoms with van der Waals surface area (Å²) in [5.74, 6) is -0.536. The van der Waals surface area contributed by atoms with Crippen molar-refractivity contribution in [1.82, 2.24) is 14.8 Å². The van der Waals surface area contributed by atoms with Crippen LogP contribution in [0, 0.1) is 26.0 Å². The SMILES string of the molecule is O=[N+]([O-])c1ccc(-n2nc(C(F)(F)F)c(N=Nc3nc4ccc(F)cc4s3)c2-c2ccccc2)c([N+](=O)[O-])c1. The minimum absolute atomic E-state index is 0.0724. The van der Waals surface area contributed by atoms with Crippen molar-refractivity contribution in [2.24, 2.45) is 10.2 Å². The fraction of sp³-hybridized carbons (Fsp3) is 0.0435. The van der Waals surface area contributed by atoms with Crippen molar-refractivity contribution in [2.45, 2.75) is 6.18 Å². The number of rotatable bonds is 6. The molecule has 0 amide bonds. The second-order valence-corrected chi connectivity index (χ2v) is 8.83. The summed E-state index contributed by atoms with van der Waals surface area (Å²) in [5, 5.41) is 34.1. The number of aromatic nitrogens is 3. The normalized spacial score (nSPS) is 11.9. The number of azo groups is 1. The highest BCUT2D eigenvalue weighted by atomic mass is 32.1. The van der Waals surface area contributed by atoms with Gasteiger partial charge in [0.05, 0.1) is 26.1 Å². The maximum atomic E-state index is 14.2. The molecule has 0 atom stereocenters. The van der Waals surface area contributed by atoms with Crippen LogP contribution in [0.1, 0.15) is 5.69 Å². The Morgan fingerprint density at radius 2 is 1.67 bits per heavy atom. The topological polar surface area (TPSA) is 142 Å². The molecule has 0 N–H and O–H groups in total. The Labute approximate surface area is 218 Å². The number of nitro groups is 2. The molecular weight excluding hydrogens is 546 g/mol. The van der Waals surface area contributed by atoms with Crippen LogP contribution in [0.3, 0.4) is 0 Å².